The summed E-state index contributed by atoms with van der Waals surface area (Å²) in [7, 11) is 0. The van der Waals surface area contributed by atoms with Gasteiger partial charge >= 0.3 is 6.09 Å². The van der Waals surface area contributed by atoms with E-state index in [-0.39, 0.29) is 12.1 Å². The van der Waals surface area contributed by atoms with Crippen molar-refractivity contribution in [1.29, 1.82) is 0 Å². The predicted molar refractivity (Wildman–Crippen MR) is 67.7 cm³/mol. The molecule has 0 aromatic carbocycles. The molecule has 17 heavy (non-hydrogen) atoms. The zero-order chi connectivity index (χ0) is 12.9. The lowest BCUT2D eigenvalue weighted by atomic mass is 10.2. The Bertz CT molecular complexity index is 323. The van der Waals surface area contributed by atoms with Crippen LogP contribution in [0, 0.1) is 11.8 Å². The summed E-state index contributed by atoms with van der Waals surface area (Å²) >= 11 is 0. The van der Waals surface area contributed by atoms with Crippen molar-refractivity contribution in [2.75, 3.05) is 19.6 Å². The highest BCUT2D eigenvalue weighted by molar-refractivity contribution is 5.68. The summed E-state index contributed by atoms with van der Waals surface area (Å²) in [5.41, 5.74) is -0.434. The number of nitrogens with one attached hydrogen (secondary N) is 1. The Morgan fingerprint density at radius 1 is 1.53 bits per heavy atom. The van der Waals surface area contributed by atoms with Gasteiger partial charge in [-0.25, -0.2) is 4.79 Å². The van der Waals surface area contributed by atoms with E-state index in [0.29, 0.717) is 0 Å². The number of carbonyl (C=O) groups is 1. The van der Waals surface area contributed by atoms with Crippen molar-refractivity contribution >= 4 is 6.09 Å². The average Bonchev–Trinajstić information content (AvgIpc) is 2.59. The van der Waals surface area contributed by atoms with Crippen LogP contribution in [0.4, 0.5) is 4.79 Å². The van der Waals surface area contributed by atoms with Crippen LogP contribution in [0.15, 0.2) is 0 Å². The van der Waals surface area contributed by atoms with Crippen LogP contribution in [0.5, 0.6) is 0 Å². The summed E-state index contributed by atoms with van der Waals surface area (Å²) < 4.78 is 5.22. The number of rotatable bonds is 2. The second kappa shape index (κ2) is 5.92. The van der Waals surface area contributed by atoms with Gasteiger partial charge in [0.25, 0.3) is 0 Å². The molecule has 1 heterocycles. The Morgan fingerprint density at radius 2 is 2.24 bits per heavy atom. The number of carbonyl (C=O) groups excluding carboxylic acids is 1. The number of amides is 1. The monoisotopic (exact) mass is 238 g/mol. The van der Waals surface area contributed by atoms with Crippen LogP contribution in [-0.2, 0) is 4.74 Å². The third-order valence-corrected chi connectivity index (χ3v) is 2.47. The van der Waals surface area contributed by atoms with Crippen molar-refractivity contribution in [3.05, 3.63) is 0 Å². The number of alkyl carbamates (subject to hydrolysis) is 1. The smallest absolute Gasteiger partial charge is 0.407 e. The summed E-state index contributed by atoms with van der Waals surface area (Å²) in [6.45, 7) is 10.1. The van der Waals surface area contributed by atoms with Gasteiger partial charge in [0.05, 0.1) is 6.54 Å². The van der Waals surface area contributed by atoms with E-state index in [2.05, 4.69) is 22.1 Å². The lowest BCUT2D eigenvalue weighted by Gasteiger charge is -2.21. The molecule has 0 saturated carbocycles. The fourth-order valence-electron chi connectivity index (χ4n) is 1.76. The Hall–Kier alpha value is -1.21. The topological polar surface area (TPSA) is 41.6 Å². The van der Waals surface area contributed by atoms with Gasteiger partial charge in [0.1, 0.15) is 5.60 Å². The van der Waals surface area contributed by atoms with Crippen LogP contribution in [0.3, 0.4) is 0 Å². The SMILES string of the molecule is CC#CCN1CC[C@@H](NC(=O)OC(C)(C)C)C1. The molecule has 0 spiro atoms. The van der Waals surface area contributed by atoms with Crippen LogP contribution in [-0.4, -0.2) is 42.3 Å². The summed E-state index contributed by atoms with van der Waals surface area (Å²) in [6, 6.07) is 0.184. The number of likely N-dealkylation sites (tertiary alicyclic amines) is 1. The van der Waals surface area contributed by atoms with E-state index in [1.807, 2.05) is 27.7 Å². The van der Waals surface area contributed by atoms with Crippen molar-refractivity contribution in [2.24, 2.45) is 0 Å². The van der Waals surface area contributed by atoms with Gasteiger partial charge in [-0.3, -0.25) is 4.90 Å². The van der Waals surface area contributed by atoms with E-state index in [1.54, 1.807) is 0 Å². The Labute approximate surface area is 104 Å². The molecule has 0 radical (unpaired) electrons. The minimum atomic E-state index is -0.434. The molecular weight excluding hydrogens is 216 g/mol. The molecule has 1 rings (SSSR count). The molecule has 0 unspecified atom stereocenters. The number of nitrogens with zero attached hydrogens (tertiary/aromatic N) is 1. The van der Waals surface area contributed by atoms with E-state index in [9.17, 15) is 4.79 Å². The largest absolute Gasteiger partial charge is 0.444 e. The third-order valence-electron chi connectivity index (χ3n) is 2.47. The van der Waals surface area contributed by atoms with Crippen molar-refractivity contribution in [2.45, 2.75) is 45.8 Å². The average molecular weight is 238 g/mol. The maximum Gasteiger partial charge on any atom is 0.407 e. The molecule has 1 aliphatic rings. The minimum absolute atomic E-state index is 0.184. The molecule has 4 heteroatoms. The standard InChI is InChI=1S/C13H22N2O2/c1-5-6-8-15-9-7-11(10-15)14-12(16)17-13(2,3)4/h11H,7-10H2,1-4H3,(H,14,16)/t11-/m1/s1. The summed E-state index contributed by atoms with van der Waals surface area (Å²) in [4.78, 5) is 13.8. The highest BCUT2D eigenvalue weighted by atomic mass is 16.6. The number of ether oxygens (including phenoxy) is 1. The van der Waals surface area contributed by atoms with E-state index in [4.69, 9.17) is 4.74 Å². The van der Waals surface area contributed by atoms with Gasteiger partial charge in [0.15, 0.2) is 0 Å². The van der Waals surface area contributed by atoms with Gasteiger partial charge in [-0.1, -0.05) is 5.92 Å². The van der Waals surface area contributed by atoms with Crippen molar-refractivity contribution in [3.8, 4) is 11.8 Å². The second-order valence-corrected chi connectivity index (χ2v) is 5.29. The first kappa shape index (κ1) is 13.9. The maximum atomic E-state index is 11.6. The molecule has 1 N–H and O–H groups in total. The molecule has 4 nitrogen and oxygen atoms in total. The van der Waals surface area contributed by atoms with Crippen LogP contribution >= 0.6 is 0 Å². The number of hydrogen-bond acceptors (Lipinski definition) is 3. The highest BCUT2D eigenvalue weighted by Gasteiger charge is 2.25. The lowest BCUT2D eigenvalue weighted by Crippen LogP contribution is -2.40. The molecule has 1 atom stereocenters. The summed E-state index contributed by atoms with van der Waals surface area (Å²) in [5, 5.41) is 2.89. The first-order chi connectivity index (χ1) is 7.90. The van der Waals surface area contributed by atoms with Crippen LogP contribution in [0.25, 0.3) is 0 Å². The Balaban J connectivity index is 2.29. The Kier molecular flexibility index (Phi) is 4.83. The van der Waals surface area contributed by atoms with E-state index in [1.165, 1.54) is 0 Å². The molecule has 1 fully saturated rings. The quantitative estimate of drug-likeness (QED) is 0.743. The maximum absolute atomic E-state index is 11.6. The van der Waals surface area contributed by atoms with Gasteiger partial charge in [-0.05, 0) is 34.1 Å². The lowest BCUT2D eigenvalue weighted by molar-refractivity contribution is 0.0506. The third kappa shape index (κ3) is 5.60. The van der Waals surface area contributed by atoms with Crippen LogP contribution in [0.1, 0.15) is 34.1 Å². The first-order valence-electron chi connectivity index (χ1n) is 6.02. The molecule has 0 aliphatic carbocycles. The molecule has 1 amide bonds. The first-order valence-corrected chi connectivity index (χ1v) is 6.02. The van der Waals surface area contributed by atoms with Crippen LogP contribution < -0.4 is 5.32 Å². The second-order valence-electron chi connectivity index (χ2n) is 5.29. The predicted octanol–water partition coefficient (Wildman–Crippen LogP) is 1.61. The Morgan fingerprint density at radius 3 is 2.82 bits per heavy atom. The van der Waals surface area contributed by atoms with Crippen molar-refractivity contribution < 1.29 is 9.53 Å². The molecule has 1 saturated heterocycles. The van der Waals surface area contributed by atoms with Gasteiger partial charge in [-0.2, -0.15) is 0 Å². The minimum Gasteiger partial charge on any atom is -0.444 e. The van der Waals surface area contributed by atoms with E-state index in [0.717, 1.165) is 26.1 Å². The van der Waals surface area contributed by atoms with Crippen molar-refractivity contribution in [1.82, 2.24) is 10.2 Å². The molecule has 96 valence electrons. The molecule has 1 aliphatic heterocycles. The summed E-state index contributed by atoms with van der Waals surface area (Å²) in [6.07, 6.45) is 0.635. The highest BCUT2D eigenvalue weighted by Crippen LogP contribution is 2.11. The molecule has 0 aromatic rings. The van der Waals surface area contributed by atoms with Gasteiger partial charge in [0.2, 0.25) is 0 Å². The molecule has 0 bridgehead atoms. The fourth-order valence-corrected chi connectivity index (χ4v) is 1.76. The normalized spacial score (nSPS) is 20.6. The zero-order valence-corrected chi connectivity index (χ0v) is 11.2. The zero-order valence-electron chi connectivity index (χ0n) is 11.2. The van der Waals surface area contributed by atoms with Gasteiger partial charge in [-0.15, -0.1) is 5.92 Å². The molecule has 0 aromatic heterocycles. The summed E-state index contributed by atoms with van der Waals surface area (Å²) in [5.74, 6) is 5.91. The number of hydrogen-bond donors (Lipinski definition) is 1. The van der Waals surface area contributed by atoms with Gasteiger partial charge in [0, 0.05) is 19.1 Å². The fraction of sp³-hybridized carbons (Fsp3) is 0.769. The van der Waals surface area contributed by atoms with Gasteiger partial charge < -0.3 is 10.1 Å². The van der Waals surface area contributed by atoms with Crippen molar-refractivity contribution in [3.63, 3.8) is 0 Å². The molecular formula is C13H22N2O2. The van der Waals surface area contributed by atoms with E-state index >= 15 is 0 Å². The van der Waals surface area contributed by atoms with Crippen LogP contribution in [0.2, 0.25) is 0 Å². The van der Waals surface area contributed by atoms with E-state index < -0.39 is 5.60 Å².